The van der Waals surface area contributed by atoms with Gasteiger partial charge in [0.2, 0.25) is 0 Å². The minimum absolute atomic E-state index is 0.172. The molecule has 1 N–H and O–H groups in total. The second kappa shape index (κ2) is 8.32. The lowest BCUT2D eigenvalue weighted by Gasteiger charge is -2.29. The maximum Gasteiger partial charge on any atom is 0.257 e. The predicted molar refractivity (Wildman–Crippen MR) is 123 cm³/mol. The first-order valence-corrected chi connectivity index (χ1v) is 10.5. The number of hydrogen-bond donors (Lipinski definition) is 1. The van der Waals surface area contributed by atoms with Crippen molar-refractivity contribution >= 4 is 28.7 Å². The Morgan fingerprint density at radius 2 is 1.97 bits per heavy atom. The van der Waals surface area contributed by atoms with Crippen LogP contribution in [0.4, 0.5) is 17.1 Å². The molecule has 0 unspecified atom stereocenters. The van der Waals surface area contributed by atoms with Crippen molar-refractivity contribution in [1.82, 2.24) is 4.98 Å². The molecule has 1 saturated heterocycles. The van der Waals surface area contributed by atoms with E-state index in [1.54, 1.807) is 18.5 Å². The molecule has 3 aromatic rings. The van der Waals surface area contributed by atoms with E-state index in [1.165, 1.54) is 11.3 Å². The number of aryl methyl sites for hydroxylation is 1. The number of carbonyl (C=O) groups excluding carboxylic acids is 1. The number of carbonyl (C=O) groups is 1. The van der Waals surface area contributed by atoms with Gasteiger partial charge in [0.15, 0.2) is 0 Å². The van der Waals surface area contributed by atoms with E-state index < -0.39 is 0 Å². The van der Waals surface area contributed by atoms with E-state index in [-0.39, 0.29) is 5.91 Å². The number of aromatic nitrogens is 1. The first kappa shape index (κ1) is 19.5. The fourth-order valence-electron chi connectivity index (χ4n) is 4.18. The van der Waals surface area contributed by atoms with Gasteiger partial charge in [-0.05, 0) is 53.9 Å². The lowest BCUT2D eigenvalue weighted by Crippen LogP contribution is -2.36. The summed E-state index contributed by atoms with van der Waals surface area (Å²) < 4.78 is 5.46. The summed E-state index contributed by atoms with van der Waals surface area (Å²) in [7, 11) is 0. The topological polar surface area (TPSA) is 66.8 Å². The summed E-state index contributed by atoms with van der Waals surface area (Å²) in [5.74, 6) is -0.172. The molecule has 1 amide bonds. The number of hydrogen-bond acceptors (Lipinski definition) is 5. The Morgan fingerprint density at radius 3 is 2.74 bits per heavy atom. The zero-order valence-electron chi connectivity index (χ0n) is 17.5. The van der Waals surface area contributed by atoms with Gasteiger partial charge < -0.3 is 15.0 Å². The van der Waals surface area contributed by atoms with Gasteiger partial charge >= 0.3 is 0 Å². The van der Waals surface area contributed by atoms with Crippen LogP contribution in [0, 0.1) is 6.92 Å². The fraction of sp³-hybridized carbons (Fsp3) is 0.240. The number of nitrogens with one attached hydrogen (secondary N) is 1. The lowest BCUT2D eigenvalue weighted by molar-refractivity contribution is 0.102. The molecule has 31 heavy (non-hydrogen) atoms. The minimum Gasteiger partial charge on any atom is -0.378 e. The Kier molecular flexibility index (Phi) is 5.22. The van der Waals surface area contributed by atoms with Crippen molar-refractivity contribution in [2.24, 2.45) is 4.99 Å². The summed E-state index contributed by atoms with van der Waals surface area (Å²) in [5, 5.41) is 2.91. The highest BCUT2D eigenvalue weighted by Crippen LogP contribution is 2.34. The van der Waals surface area contributed by atoms with Crippen LogP contribution < -0.4 is 10.2 Å². The number of benzene rings is 2. The van der Waals surface area contributed by atoms with Gasteiger partial charge in [-0.1, -0.05) is 18.2 Å². The molecule has 2 aromatic carbocycles. The van der Waals surface area contributed by atoms with Crippen molar-refractivity contribution in [3.63, 3.8) is 0 Å². The lowest BCUT2D eigenvalue weighted by atomic mass is 9.98. The number of amides is 1. The largest absolute Gasteiger partial charge is 0.378 e. The molecule has 0 radical (unpaired) electrons. The summed E-state index contributed by atoms with van der Waals surface area (Å²) in [4.78, 5) is 24.2. The van der Waals surface area contributed by atoms with Gasteiger partial charge in [-0.2, -0.15) is 0 Å². The maximum atomic E-state index is 12.9. The molecule has 2 aliphatic rings. The Labute approximate surface area is 181 Å². The Balaban J connectivity index is 1.41. The number of nitrogens with zero attached hydrogens (tertiary/aromatic N) is 3. The highest BCUT2D eigenvalue weighted by Gasteiger charge is 2.23. The molecule has 2 aliphatic heterocycles. The zero-order chi connectivity index (χ0) is 21.2. The van der Waals surface area contributed by atoms with Gasteiger partial charge in [0.1, 0.15) is 0 Å². The van der Waals surface area contributed by atoms with Crippen LogP contribution in [0.15, 0.2) is 65.9 Å². The molecule has 6 heteroatoms. The number of anilines is 2. The summed E-state index contributed by atoms with van der Waals surface area (Å²) in [6.45, 7) is 5.50. The van der Waals surface area contributed by atoms with Crippen molar-refractivity contribution in [2.45, 2.75) is 13.3 Å². The smallest absolute Gasteiger partial charge is 0.257 e. The number of rotatable bonds is 4. The second-order valence-electron chi connectivity index (χ2n) is 7.84. The maximum absolute atomic E-state index is 12.9. The van der Waals surface area contributed by atoms with E-state index in [0.717, 1.165) is 55.3 Å². The number of aliphatic imine (C=N–C) groups is 1. The number of morpholine rings is 1. The molecule has 0 bridgehead atoms. The average Bonchev–Trinajstić information content (AvgIpc) is 3.24. The van der Waals surface area contributed by atoms with Gasteiger partial charge in [0, 0.05) is 31.4 Å². The first-order chi connectivity index (χ1) is 15.2. The van der Waals surface area contributed by atoms with Gasteiger partial charge in [-0.15, -0.1) is 0 Å². The van der Waals surface area contributed by atoms with E-state index in [1.807, 2.05) is 24.3 Å². The molecule has 3 heterocycles. The van der Waals surface area contributed by atoms with Crippen molar-refractivity contribution in [1.29, 1.82) is 0 Å². The van der Waals surface area contributed by atoms with E-state index in [4.69, 9.17) is 9.73 Å². The van der Waals surface area contributed by atoms with Crippen LogP contribution >= 0.6 is 0 Å². The van der Waals surface area contributed by atoms with E-state index in [9.17, 15) is 4.79 Å². The van der Waals surface area contributed by atoms with Gasteiger partial charge in [0.25, 0.3) is 5.91 Å². The van der Waals surface area contributed by atoms with Crippen molar-refractivity contribution in [2.75, 3.05) is 36.5 Å². The van der Waals surface area contributed by atoms with Crippen molar-refractivity contribution in [3.8, 4) is 0 Å². The van der Waals surface area contributed by atoms with Crippen molar-refractivity contribution in [3.05, 3.63) is 83.2 Å². The van der Waals surface area contributed by atoms with Gasteiger partial charge in [0.05, 0.1) is 42.1 Å². The molecule has 0 saturated carbocycles. The van der Waals surface area contributed by atoms with Crippen LogP contribution in [0.2, 0.25) is 0 Å². The Morgan fingerprint density at radius 1 is 1.10 bits per heavy atom. The molecule has 0 aliphatic carbocycles. The van der Waals surface area contributed by atoms with Crippen LogP contribution in [-0.2, 0) is 11.2 Å². The van der Waals surface area contributed by atoms with Gasteiger partial charge in [-0.3, -0.25) is 14.8 Å². The molecule has 5 rings (SSSR count). The van der Waals surface area contributed by atoms with Crippen LogP contribution in [0.3, 0.4) is 0 Å². The van der Waals surface area contributed by atoms with E-state index >= 15 is 0 Å². The molecule has 0 spiro atoms. The van der Waals surface area contributed by atoms with E-state index in [0.29, 0.717) is 11.3 Å². The highest BCUT2D eigenvalue weighted by molar-refractivity contribution is 6.13. The normalized spacial score (nSPS) is 15.4. The van der Waals surface area contributed by atoms with Crippen LogP contribution in [0.25, 0.3) is 0 Å². The summed E-state index contributed by atoms with van der Waals surface area (Å²) in [6.07, 6.45) is 4.04. The minimum atomic E-state index is -0.172. The number of para-hydroxylation sites is 1. The third kappa shape index (κ3) is 3.94. The molecule has 1 fully saturated rings. The van der Waals surface area contributed by atoms with Crippen LogP contribution in [-0.4, -0.2) is 42.9 Å². The first-order valence-electron chi connectivity index (χ1n) is 10.5. The second-order valence-corrected chi connectivity index (χ2v) is 7.84. The molecule has 0 atom stereocenters. The van der Waals surface area contributed by atoms with Crippen LogP contribution in [0.1, 0.15) is 27.0 Å². The molecular weight excluding hydrogens is 388 g/mol. The third-order valence-corrected chi connectivity index (χ3v) is 5.79. The van der Waals surface area contributed by atoms with Gasteiger partial charge in [-0.25, -0.2) is 0 Å². The standard InChI is InChI=1S/C25H24N4O2/c1-17-14-20(29-10-12-31-13-11-29)7-8-21(17)23-15-18-4-2-6-22(24(18)28-23)25(30)27-19-5-3-9-26-16-19/h2-9,14,16H,10-13,15H2,1H3,(H,27,30). The molecule has 156 valence electrons. The Bertz CT molecular complexity index is 1150. The monoisotopic (exact) mass is 412 g/mol. The molecule has 6 nitrogen and oxygen atoms in total. The molecule has 1 aromatic heterocycles. The number of ether oxygens (including phenoxy) is 1. The molecular formula is C25H24N4O2. The zero-order valence-corrected chi connectivity index (χ0v) is 17.5. The summed E-state index contributed by atoms with van der Waals surface area (Å²) >= 11 is 0. The van der Waals surface area contributed by atoms with Crippen molar-refractivity contribution < 1.29 is 9.53 Å². The average molecular weight is 412 g/mol. The number of fused-ring (bicyclic) bond motifs is 1. The van der Waals surface area contributed by atoms with Crippen LogP contribution in [0.5, 0.6) is 0 Å². The fourth-order valence-corrected chi connectivity index (χ4v) is 4.18. The predicted octanol–water partition coefficient (Wildman–Crippen LogP) is 4.16. The SMILES string of the molecule is Cc1cc(N2CCOCC2)ccc1C1=Nc2c(cccc2C(=O)Nc2cccnc2)C1. The Hall–Kier alpha value is -3.51. The summed E-state index contributed by atoms with van der Waals surface area (Å²) in [5.41, 5.74) is 7.63. The highest BCUT2D eigenvalue weighted by atomic mass is 16.5. The quantitative estimate of drug-likeness (QED) is 0.699. The third-order valence-electron chi connectivity index (χ3n) is 5.79. The summed E-state index contributed by atoms with van der Waals surface area (Å²) in [6, 6.07) is 15.9. The number of pyridine rings is 1. The van der Waals surface area contributed by atoms with E-state index in [2.05, 4.69) is 40.3 Å².